The molecule has 3 saturated heterocycles. The predicted molar refractivity (Wildman–Crippen MR) is 140 cm³/mol. The van der Waals surface area contributed by atoms with Gasteiger partial charge in [0, 0.05) is 71.6 Å². The minimum Gasteiger partial charge on any atom is -0.497 e. The van der Waals surface area contributed by atoms with E-state index in [1.54, 1.807) is 12.1 Å². The fraction of sp³-hybridized carbons (Fsp3) is 0.600. The monoisotopic (exact) mass is 532 g/mol. The Morgan fingerprint density at radius 1 is 0.892 bits per heavy atom. The van der Waals surface area contributed by atoms with Crippen LogP contribution in [-0.2, 0) is 14.8 Å². The number of sulfonamides is 1. The molecule has 2 aromatic rings. The first kappa shape index (κ1) is 26.0. The number of hydrogen-bond acceptors (Lipinski definition) is 10. The van der Waals surface area contributed by atoms with E-state index >= 15 is 0 Å². The van der Waals surface area contributed by atoms with Crippen LogP contribution in [0.3, 0.4) is 0 Å². The Morgan fingerprint density at radius 2 is 1.54 bits per heavy atom. The maximum atomic E-state index is 13.3. The van der Waals surface area contributed by atoms with Crippen molar-refractivity contribution in [2.45, 2.75) is 23.8 Å². The van der Waals surface area contributed by atoms with Gasteiger partial charge in [0.15, 0.2) is 11.6 Å². The van der Waals surface area contributed by atoms with Gasteiger partial charge in [-0.3, -0.25) is 4.90 Å². The maximum Gasteiger partial charge on any atom is 0.246 e. The first-order valence-electron chi connectivity index (χ1n) is 12.9. The Morgan fingerprint density at radius 3 is 2.08 bits per heavy atom. The molecule has 3 aliphatic heterocycles. The molecule has 3 fully saturated rings. The van der Waals surface area contributed by atoms with Gasteiger partial charge in [-0.25, -0.2) is 8.42 Å². The first-order chi connectivity index (χ1) is 18.0. The molecule has 37 heavy (non-hydrogen) atoms. The van der Waals surface area contributed by atoms with Crippen molar-refractivity contribution in [2.24, 2.45) is 0 Å². The lowest BCUT2D eigenvalue weighted by Crippen LogP contribution is -2.49. The van der Waals surface area contributed by atoms with E-state index in [2.05, 4.69) is 24.9 Å². The van der Waals surface area contributed by atoms with Crippen molar-refractivity contribution in [3.8, 4) is 11.5 Å². The minimum atomic E-state index is -3.70. The number of ether oxygens (including phenoxy) is 3. The zero-order valence-corrected chi connectivity index (χ0v) is 22.4. The summed E-state index contributed by atoms with van der Waals surface area (Å²) in [6, 6.07) is 8.75. The molecule has 1 unspecified atom stereocenters. The third kappa shape index (κ3) is 5.77. The van der Waals surface area contributed by atoms with E-state index in [0.29, 0.717) is 38.0 Å². The normalized spacial score (nSPS) is 21.8. The van der Waals surface area contributed by atoms with Gasteiger partial charge < -0.3 is 24.0 Å². The highest BCUT2D eigenvalue weighted by molar-refractivity contribution is 7.89. The molecule has 0 saturated carbocycles. The molecule has 12 heteroatoms. The van der Waals surface area contributed by atoms with Crippen LogP contribution in [0.2, 0.25) is 0 Å². The molecule has 0 amide bonds. The number of piperazine rings is 2. The lowest BCUT2D eigenvalue weighted by atomic mass is 10.2. The Balaban J connectivity index is 1.15. The molecule has 0 N–H and O–H groups in total. The van der Waals surface area contributed by atoms with Crippen LogP contribution in [0.4, 0.5) is 11.6 Å². The van der Waals surface area contributed by atoms with Crippen LogP contribution in [0.1, 0.15) is 12.8 Å². The van der Waals surface area contributed by atoms with Crippen LogP contribution < -0.4 is 19.3 Å². The number of benzene rings is 1. The third-order valence-electron chi connectivity index (χ3n) is 7.37. The van der Waals surface area contributed by atoms with Crippen LogP contribution in [-0.4, -0.2) is 114 Å². The summed E-state index contributed by atoms with van der Waals surface area (Å²) in [5.74, 6) is 2.47. The summed E-state index contributed by atoms with van der Waals surface area (Å²) in [7, 11) is -0.707. The highest BCUT2D eigenvalue weighted by Gasteiger charge is 2.32. The topological polar surface area (TPSA) is 101 Å². The summed E-state index contributed by atoms with van der Waals surface area (Å²) in [5, 5.41) is 8.96. The lowest BCUT2D eigenvalue weighted by molar-refractivity contribution is 0.0712. The predicted octanol–water partition coefficient (Wildman–Crippen LogP) is 1.31. The van der Waals surface area contributed by atoms with Gasteiger partial charge in [-0.15, -0.1) is 10.2 Å². The molecule has 0 radical (unpaired) electrons. The standard InChI is InChI=1S/C25H36N6O5S/c1-34-20-5-6-23(22(18-20)35-2)37(32,33)31-15-13-30(14-16-31)25-8-7-24(26-27-25)29-11-9-28(10-12-29)19-21-4-3-17-36-21/h5-8,18,21H,3-4,9-17,19H2,1-2H3. The van der Waals surface area contributed by atoms with Gasteiger partial charge in [-0.05, 0) is 37.1 Å². The fourth-order valence-corrected chi connectivity index (χ4v) is 6.73. The highest BCUT2D eigenvalue weighted by Crippen LogP contribution is 2.31. The van der Waals surface area contributed by atoms with Crippen molar-refractivity contribution in [3.63, 3.8) is 0 Å². The SMILES string of the molecule is COc1ccc(S(=O)(=O)N2CCN(c3ccc(N4CCN(CC5CCCO5)CC4)nn3)CC2)c(OC)c1. The van der Waals surface area contributed by atoms with E-state index in [0.717, 1.165) is 51.0 Å². The smallest absolute Gasteiger partial charge is 0.246 e. The average Bonchev–Trinajstić information content (AvgIpc) is 3.46. The second kappa shape index (κ2) is 11.4. The number of methoxy groups -OCH3 is 2. The zero-order chi connectivity index (χ0) is 25.8. The van der Waals surface area contributed by atoms with Crippen molar-refractivity contribution in [2.75, 3.05) is 89.5 Å². The van der Waals surface area contributed by atoms with E-state index in [1.165, 1.54) is 37.4 Å². The molecule has 0 aliphatic carbocycles. The van der Waals surface area contributed by atoms with Gasteiger partial charge in [-0.1, -0.05) is 0 Å². The molecule has 4 heterocycles. The number of nitrogens with zero attached hydrogens (tertiary/aromatic N) is 6. The Bertz CT molecular complexity index is 1140. The van der Waals surface area contributed by atoms with Crippen LogP contribution in [0, 0.1) is 0 Å². The molecule has 202 valence electrons. The van der Waals surface area contributed by atoms with Gasteiger partial charge in [-0.2, -0.15) is 4.31 Å². The largest absolute Gasteiger partial charge is 0.497 e. The van der Waals surface area contributed by atoms with E-state index in [4.69, 9.17) is 14.2 Å². The molecule has 11 nitrogen and oxygen atoms in total. The van der Waals surface area contributed by atoms with Gasteiger partial charge in [0.2, 0.25) is 10.0 Å². The summed E-state index contributed by atoms with van der Waals surface area (Å²) < 4.78 is 44.4. The van der Waals surface area contributed by atoms with Crippen LogP contribution in [0.5, 0.6) is 11.5 Å². The van der Waals surface area contributed by atoms with Gasteiger partial charge in [0.1, 0.15) is 16.4 Å². The summed E-state index contributed by atoms with van der Waals surface area (Å²) in [6.45, 7) is 7.54. The Kier molecular flexibility index (Phi) is 7.98. The first-order valence-corrected chi connectivity index (χ1v) is 14.3. The van der Waals surface area contributed by atoms with Crippen LogP contribution in [0.25, 0.3) is 0 Å². The summed E-state index contributed by atoms with van der Waals surface area (Å²) in [5.41, 5.74) is 0. The van der Waals surface area contributed by atoms with Crippen molar-refractivity contribution < 1.29 is 22.6 Å². The second-order valence-corrected chi connectivity index (χ2v) is 11.5. The Labute approximate surface area is 218 Å². The summed E-state index contributed by atoms with van der Waals surface area (Å²) in [4.78, 5) is 6.97. The number of aromatic nitrogens is 2. The number of anilines is 2. The van der Waals surface area contributed by atoms with Gasteiger partial charge >= 0.3 is 0 Å². The van der Waals surface area contributed by atoms with Crippen molar-refractivity contribution in [1.82, 2.24) is 19.4 Å². The lowest BCUT2D eigenvalue weighted by Gasteiger charge is -2.36. The van der Waals surface area contributed by atoms with Gasteiger partial charge in [0.25, 0.3) is 0 Å². The molecule has 0 bridgehead atoms. The van der Waals surface area contributed by atoms with Crippen LogP contribution >= 0.6 is 0 Å². The molecular formula is C25H36N6O5S. The van der Waals surface area contributed by atoms with E-state index in [1.807, 2.05) is 12.1 Å². The van der Waals surface area contributed by atoms with Crippen molar-refractivity contribution >= 4 is 21.7 Å². The molecule has 1 atom stereocenters. The highest BCUT2D eigenvalue weighted by atomic mass is 32.2. The Hall–Kier alpha value is -2.67. The number of rotatable bonds is 8. The van der Waals surface area contributed by atoms with E-state index < -0.39 is 10.0 Å². The maximum absolute atomic E-state index is 13.3. The third-order valence-corrected chi connectivity index (χ3v) is 9.31. The fourth-order valence-electron chi connectivity index (χ4n) is 5.18. The zero-order valence-electron chi connectivity index (χ0n) is 21.6. The molecule has 3 aliphatic rings. The number of hydrogen-bond donors (Lipinski definition) is 0. The molecule has 0 spiro atoms. The van der Waals surface area contributed by atoms with Crippen molar-refractivity contribution in [3.05, 3.63) is 30.3 Å². The quantitative estimate of drug-likeness (QED) is 0.495. The van der Waals surface area contributed by atoms with Crippen molar-refractivity contribution in [1.29, 1.82) is 0 Å². The van der Waals surface area contributed by atoms with Crippen LogP contribution in [0.15, 0.2) is 35.2 Å². The molecule has 1 aromatic carbocycles. The van der Waals surface area contributed by atoms with E-state index in [-0.39, 0.29) is 10.6 Å². The molecule has 5 rings (SSSR count). The molecule has 1 aromatic heterocycles. The van der Waals surface area contributed by atoms with E-state index in [9.17, 15) is 8.42 Å². The van der Waals surface area contributed by atoms with Gasteiger partial charge in [0.05, 0.1) is 20.3 Å². The average molecular weight is 533 g/mol. The summed E-state index contributed by atoms with van der Waals surface area (Å²) in [6.07, 6.45) is 2.73. The molecular weight excluding hydrogens is 496 g/mol. The summed E-state index contributed by atoms with van der Waals surface area (Å²) >= 11 is 0. The second-order valence-electron chi connectivity index (χ2n) is 9.58. The minimum absolute atomic E-state index is 0.143.